The summed E-state index contributed by atoms with van der Waals surface area (Å²) in [4.78, 5) is 12.3. The Bertz CT molecular complexity index is 1180. The second-order valence-corrected chi connectivity index (χ2v) is 8.27. The van der Waals surface area contributed by atoms with Crippen molar-refractivity contribution in [2.75, 3.05) is 14.2 Å². The number of carbonyl (C=O) groups excluding carboxylic acids is 1. The number of hydrogen-bond donors (Lipinski definition) is 1. The molecular formula is C23H18Cl4N2O4. The molecule has 0 radical (unpaired) electrons. The minimum Gasteiger partial charge on any atom is -0.493 e. The molecular weight excluding hydrogens is 510 g/mol. The van der Waals surface area contributed by atoms with Gasteiger partial charge in [-0.05, 0) is 48.0 Å². The van der Waals surface area contributed by atoms with Crippen molar-refractivity contribution in [3.8, 4) is 17.2 Å². The van der Waals surface area contributed by atoms with E-state index >= 15 is 0 Å². The molecule has 0 aliphatic carbocycles. The van der Waals surface area contributed by atoms with Crippen molar-refractivity contribution in [2.24, 2.45) is 5.10 Å². The predicted octanol–water partition coefficient (Wildman–Crippen LogP) is 6.66. The van der Waals surface area contributed by atoms with Gasteiger partial charge in [0.1, 0.15) is 6.61 Å². The molecule has 3 aromatic rings. The zero-order valence-electron chi connectivity index (χ0n) is 17.5. The molecule has 0 aliphatic heterocycles. The van der Waals surface area contributed by atoms with Gasteiger partial charge in [-0.1, -0.05) is 52.5 Å². The summed E-state index contributed by atoms with van der Waals surface area (Å²) in [5.74, 6) is 0.825. The number of nitrogens with zero attached hydrogens (tertiary/aromatic N) is 1. The lowest BCUT2D eigenvalue weighted by Crippen LogP contribution is -2.17. The van der Waals surface area contributed by atoms with Crippen molar-refractivity contribution in [3.05, 3.63) is 85.3 Å². The van der Waals surface area contributed by atoms with E-state index in [2.05, 4.69) is 10.5 Å². The van der Waals surface area contributed by atoms with Crippen LogP contribution in [-0.4, -0.2) is 26.3 Å². The first-order chi connectivity index (χ1) is 15.8. The number of nitrogens with one attached hydrogen (secondary N) is 1. The zero-order valence-corrected chi connectivity index (χ0v) is 20.5. The van der Waals surface area contributed by atoms with Gasteiger partial charge in [-0.2, -0.15) is 5.10 Å². The Morgan fingerprint density at radius 3 is 2.24 bits per heavy atom. The van der Waals surface area contributed by atoms with Gasteiger partial charge in [0, 0.05) is 21.2 Å². The third-order valence-electron chi connectivity index (χ3n) is 4.43. The molecule has 0 saturated carbocycles. The maximum absolute atomic E-state index is 12.3. The summed E-state index contributed by atoms with van der Waals surface area (Å²) in [6, 6.07) is 13.1. The average Bonchev–Trinajstić information content (AvgIpc) is 2.79. The Morgan fingerprint density at radius 2 is 1.61 bits per heavy atom. The number of methoxy groups -OCH3 is 2. The molecule has 10 heteroatoms. The van der Waals surface area contributed by atoms with E-state index in [9.17, 15) is 4.79 Å². The third-order valence-corrected chi connectivity index (χ3v) is 5.58. The van der Waals surface area contributed by atoms with Crippen LogP contribution in [0.5, 0.6) is 17.2 Å². The molecule has 33 heavy (non-hydrogen) atoms. The first kappa shape index (κ1) is 25.0. The van der Waals surface area contributed by atoms with Gasteiger partial charge in [0.05, 0.1) is 30.5 Å². The first-order valence-corrected chi connectivity index (χ1v) is 10.9. The van der Waals surface area contributed by atoms with Gasteiger partial charge in [-0.15, -0.1) is 0 Å². The van der Waals surface area contributed by atoms with E-state index in [1.807, 2.05) is 0 Å². The summed E-state index contributed by atoms with van der Waals surface area (Å²) in [5.41, 5.74) is 4.09. The third kappa shape index (κ3) is 6.45. The number of carbonyl (C=O) groups is 1. The Balaban J connectivity index is 1.66. The van der Waals surface area contributed by atoms with Crippen LogP contribution in [-0.2, 0) is 6.61 Å². The lowest BCUT2D eigenvalue weighted by Gasteiger charge is -2.12. The number of hydrazone groups is 1. The van der Waals surface area contributed by atoms with Crippen LogP contribution in [0.3, 0.4) is 0 Å². The number of amides is 1. The fraction of sp³-hybridized carbons (Fsp3) is 0.130. The van der Waals surface area contributed by atoms with E-state index < -0.39 is 5.91 Å². The monoisotopic (exact) mass is 526 g/mol. The van der Waals surface area contributed by atoms with Crippen molar-refractivity contribution in [1.29, 1.82) is 0 Å². The Morgan fingerprint density at radius 1 is 0.909 bits per heavy atom. The standard InChI is InChI=1S/C23H18Cl4N2O4/c1-31-20-6-4-14(9-21(20)32-2)23(30)29-28-11-13-7-18(26)22(19(27)8-13)33-12-15-3-5-16(24)10-17(15)25/h3-11H,12H2,1-2H3,(H,29,30)/b28-11+. The summed E-state index contributed by atoms with van der Waals surface area (Å²) in [6.07, 6.45) is 1.41. The molecule has 0 aliphatic rings. The second kappa shape index (κ2) is 11.5. The van der Waals surface area contributed by atoms with Gasteiger partial charge in [0.25, 0.3) is 5.91 Å². The number of hydrogen-bond acceptors (Lipinski definition) is 5. The van der Waals surface area contributed by atoms with Crippen LogP contribution in [0.4, 0.5) is 0 Å². The number of ether oxygens (including phenoxy) is 3. The molecule has 0 unspecified atom stereocenters. The minimum absolute atomic E-state index is 0.157. The van der Waals surface area contributed by atoms with Gasteiger partial charge in [0.2, 0.25) is 0 Å². The molecule has 0 atom stereocenters. The average molecular weight is 528 g/mol. The van der Waals surface area contributed by atoms with Crippen LogP contribution in [0.25, 0.3) is 0 Å². The summed E-state index contributed by atoms with van der Waals surface area (Å²) in [6.45, 7) is 0.157. The lowest BCUT2D eigenvalue weighted by molar-refractivity contribution is 0.0954. The molecule has 3 rings (SSSR count). The highest BCUT2D eigenvalue weighted by atomic mass is 35.5. The lowest BCUT2D eigenvalue weighted by atomic mass is 10.2. The Kier molecular flexibility index (Phi) is 8.69. The van der Waals surface area contributed by atoms with Crippen molar-refractivity contribution in [1.82, 2.24) is 5.43 Å². The molecule has 6 nitrogen and oxygen atoms in total. The normalized spacial score (nSPS) is 10.8. The molecule has 1 amide bonds. The van der Waals surface area contributed by atoms with Crippen LogP contribution in [0.1, 0.15) is 21.5 Å². The number of rotatable bonds is 8. The Labute approximate surface area is 211 Å². The number of halogens is 4. The smallest absolute Gasteiger partial charge is 0.271 e. The van der Waals surface area contributed by atoms with Gasteiger partial charge in [-0.3, -0.25) is 4.79 Å². The fourth-order valence-electron chi connectivity index (χ4n) is 2.79. The van der Waals surface area contributed by atoms with E-state index in [1.165, 1.54) is 20.4 Å². The highest BCUT2D eigenvalue weighted by molar-refractivity contribution is 6.37. The minimum atomic E-state index is -0.427. The van der Waals surface area contributed by atoms with Crippen LogP contribution >= 0.6 is 46.4 Å². The van der Waals surface area contributed by atoms with Crippen LogP contribution in [0.15, 0.2) is 53.6 Å². The van der Waals surface area contributed by atoms with E-state index in [4.69, 9.17) is 60.6 Å². The molecule has 1 N–H and O–H groups in total. The van der Waals surface area contributed by atoms with Crippen molar-refractivity contribution in [2.45, 2.75) is 6.61 Å². The molecule has 0 aromatic heterocycles. The summed E-state index contributed by atoms with van der Waals surface area (Å²) < 4.78 is 16.1. The largest absolute Gasteiger partial charge is 0.493 e. The van der Waals surface area contributed by atoms with E-state index in [0.29, 0.717) is 38.4 Å². The van der Waals surface area contributed by atoms with Gasteiger partial charge >= 0.3 is 0 Å². The van der Waals surface area contributed by atoms with Crippen LogP contribution in [0.2, 0.25) is 20.1 Å². The van der Waals surface area contributed by atoms with Gasteiger partial charge < -0.3 is 14.2 Å². The Hall–Kier alpha value is -2.64. The molecule has 172 valence electrons. The molecule has 0 fully saturated rings. The van der Waals surface area contributed by atoms with E-state index in [0.717, 1.165) is 5.56 Å². The quantitative estimate of drug-likeness (QED) is 0.262. The first-order valence-electron chi connectivity index (χ1n) is 9.43. The van der Waals surface area contributed by atoms with Crippen LogP contribution < -0.4 is 19.6 Å². The summed E-state index contributed by atoms with van der Waals surface area (Å²) in [7, 11) is 3.00. The number of benzene rings is 3. The predicted molar refractivity (Wildman–Crippen MR) is 132 cm³/mol. The zero-order chi connectivity index (χ0) is 24.0. The van der Waals surface area contributed by atoms with Gasteiger partial charge in [-0.25, -0.2) is 5.43 Å². The molecule has 0 heterocycles. The molecule has 0 spiro atoms. The van der Waals surface area contributed by atoms with Crippen molar-refractivity contribution < 1.29 is 19.0 Å². The fourth-order valence-corrected chi connectivity index (χ4v) is 3.86. The highest BCUT2D eigenvalue weighted by Crippen LogP contribution is 2.35. The maximum atomic E-state index is 12.3. The summed E-state index contributed by atoms with van der Waals surface area (Å²) in [5, 5.41) is 5.52. The van der Waals surface area contributed by atoms with Crippen LogP contribution in [0, 0.1) is 0 Å². The summed E-state index contributed by atoms with van der Waals surface area (Å²) >= 11 is 24.7. The molecule has 0 bridgehead atoms. The van der Waals surface area contributed by atoms with Crippen molar-refractivity contribution in [3.63, 3.8) is 0 Å². The molecule has 0 saturated heterocycles. The molecule has 3 aromatic carbocycles. The van der Waals surface area contributed by atoms with Crippen molar-refractivity contribution >= 4 is 58.5 Å². The maximum Gasteiger partial charge on any atom is 0.271 e. The topological polar surface area (TPSA) is 69.2 Å². The second-order valence-electron chi connectivity index (χ2n) is 6.61. The van der Waals surface area contributed by atoms with E-state index in [1.54, 1.807) is 48.5 Å². The van der Waals surface area contributed by atoms with Gasteiger partial charge in [0.15, 0.2) is 17.2 Å². The highest BCUT2D eigenvalue weighted by Gasteiger charge is 2.12. The SMILES string of the molecule is COc1ccc(C(=O)N/N=C/c2cc(Cl)c(OCc3ccc(Cl)cc3Cl)c(Cl)c2)cc1OC. The van der Waals surface area contributed by atoms with E-state index in [-0.39, 0.29) is 16.7 Å².